The summed E-state index contributed by atoms with van der Waals surface area (Å²) in [5.41, 5.74) is 2.30. The van der Waals surface area contributed by atoms with Gasteiger partial charge in [0.1, 0.15) is 6.10 Å². The van der Waals surface area contributed by atoms with Gasteiger partial charge in [-0.05, 0) is 35.6 Å². The molecule has 0 spiro atoms. The Kier molecular flexibility index (Phi) is 5.05. The standard InChI is InChI=1S/C17H17BF2O3/c1-2-21-15-10-22-18(23-11-15)14-6-3-12(4-7-14)13-5-8-16(19)17(20)9-13/h3-9,15H,2,10-11H2,1H3. The average molecular weight is 318 g/mol. The fraction of sp³-hybridized carbons (Fsp3) is 0.294. The van der Waals surface area contributed by atoms with Crippen LogP contribution in [0.25, 0.3) is 11.1 Å². The minimum absolute atomic E-state index is 0.0299. The van der Waals surface area contributed by atoms with E-state index in [-0.39, 0.29) is 6.10 Å². The first-order valence-electron chi connectivity index (χ1n) is 7.57. The summed E-state index contributed by atoms with van der Waals surface area (Å²) >= 11 is 0. The summed E-state index contributed by atoms with van der Waals surface area (Å²) in [6, 6.07) is 11.3. The molecule has 1 heterocycles. The summed E-state index contributed by atoms with van der Waals surface area (Å²) in [4.78, 5) is 0. The predicted molar refractivity (Wildman–Crippen MR) is 84.5 cm³/mol. The monoisotopic (exact) mass is 318 g/mol. The fourth-order valence-corrected chi connectivity index (χ4v) is 2.52. The van der Waals surface area contributed by atoms with Gasteiger partial charge >= 0.3 is 7.12 Å². The molecule has 1 aliphatic rings. The van der Waals surface area contributed by atoms with Crippen molar-refractivity contribution in [3.8, 4) is 11.1 Å². The van der Waals surface area contributed by atoms with E-state index >= 15 is 0 Å². The molecule has 6 heteroatoms. The molecule has 0 radical (unpaired) electrons. The molecule has 0 N–H and O–H groups in total. The maximum Gasteiger partial charge on any atom is 0.494 e. The summed E-state index contributed by atoms with van der Waals surface area (Å²) in [6.07, 6.45) is -0.0299. The number of benzene rings is 2. The first-order chi connectivity index (χ1) is 11.2. The second kappa shape index (κ2) is 7.21. The van der Waals surface area contributed by atoms with Crippen molar-refractivity contribution in [3.63, 3.8) is 0 Å². The second-order valence-corrected chi connectivity index (χ2v) is 5.33. The average Bonchev–Trinajstić information content (AvgIpc) is 2.59. The maximum atomic E-state index is 13.3. The van der Waals surface area contributed by atoms with Crippen LogP contribution in [0.15, 0.2) is 42.5 Å². The van der Waals surface area contributed by atoms with Crippen molar-refractivity contribution in [2.75, 3.05) is 19.8 Å². The van der Waals surface area contributed by atoms with Crippen LogP contribution < -0.4 is 5.46 Å². The second-order valence-electron chi connectivity index (χ2n) is 5.33. The van der Waals surface area contributed by atoms with Gasteiger partial charge in [0.05, 0.1) is 13.2 Å². The Bertz CT molecular complexity index is 655. The molecule has 1 fully saturated rings. The predicted octanol–water partition coefficient (Wildman–Crippen LogP) is 2.78. The van der Waals surface area contributed by atoms with E-state index in [1.165, 1.54) is 6.07 Å². The van der Waals surface area contributed by atoms with Gasteiger partial charge in [0.15, 0.2) is 11.6 Å². The summed E-state index contributed by atoms with van der Waals surface area (Å²) in [7, 11) is -0.425. The topological polar surface area (TPSA) is 27.7 Å². The normalized spacial score (nSPS) is 15.9. The minimum Gasteiger partial charge on any atom is -0.404 e. The van der Waals surface area contributed by atoms with Gasteiger partial charge in [-0.15, -0.1) is 0 Å². The maximum absolute atomic E-state index is 13.3. The molecule has 2 aromatic rings. The Labute approximate surface area is 134 Å². The van der Waals surface area contributed by atoms with E-state index in [9.17, 15) is 8.78 Å². The molecule has 0 saturated carbocycles. The van der Waals surface area contributed by atoms with Crippen molar-refractivity contribution >= 4 is 12.6 Å². The van der Waals surface area contributed by atoms with E-state index in [1.54, 1.807) is 6.07 Å². The van der Waals surface area contributed by atoms with Crippen LogP contribution in [0.5, 0.6) is 0 Å². The largest absolute Gasteiger partial charge is 0.494 e. The van der Waals surface area contributed by atoms with Gasteiger partial charge in [0.2, 0.25) is 0 Å². The lowest BCUT2D eigenvalue weighted by molar-refractivity contribution is -0.0376. The molecule has 0 amide bonds. The highest BCUT2D eigenvalue weighted by Gasteiger charge is 2.29. The lowest BCUT2D eigenvalue weighted by Gasteiger charge is -2.27. The number of ether oxygens (including phenoxy) is 1. The zero-order chi connectivity index (χ0) is 16.2. The quantitative estimate of drug-likeness (QED) is 0.812. The zero-order valence-electron chi connectivity index (χ0n) is 12.8. The molecule has 120 valence electrons. The summed E-state index contributed by atoms with van der Waals surface area (Å²) < 4.78 is 43.1. The third kappa shape index (κ3) is 3.78. The van der Waals surface area contributed by atoms with Gasteiger partial charge in [0, 0.05) is 6.61 Å². The summed E-state index contributed by atoms with van der Waals surface area (Å²) in [6.45, 7) is 3.54. The molecule has 23 heavy (non-hydrogen) atoms. The van der Waals surface area contributed by atoms with Crippen molar-refractivity contribution in [2.45, 2.75) is 13.0 Å². The van der Waals surface area contributed by atoms with Crippen molar-refractivity contribution in [2.24, 2.45) is 0 Å². The molecule has 3 nitrogen and oxygen atoms in total. The smallest absolute Gasteiger partial charge is 0.404 e. The highest BCUT2D eigenvalue weighted by Crippen LogP contribution is 2.21. The molecule has 0 aromatic heterocycles. The van der Waals surface area contributed by atoms with Crippen LogP contribution in [0.2, 0.25) is 0 Å². The Morgan fingerprint density at radius 1 is 1.00 bits per heavy atom. The SMILES string of the molecule is CCOC1COB(c2ccc(-c3ccc(F)c(F)c3)cc2)OC1. The fourth-order valence-electron chi connectivity index (χ4n) is 2.52. The van der Waals surface area contributed by atoms with E-state index in [4.69, 9.17) is 14.0 Å². The van der Waals surface area contributed by atoms with Gasteiger partial charge in [-0.25, -0.2) is 8.78 Å². The van der Waals surface area contributed by atoms with Crippen LogP contribution >= 0.6 is 0 Å². The molecule has 0 bridgehead atoms. The van der Waals surface area contributed by atoms with Crippen LogP contribution in [0.1, 0.15) is 6.92 Å². The van der Waals surface area contributed by atoms with Gasteiger partial charge in [-0.1, -0.05) is 30.3 Å². The number of hydrogen-bond acceptors (Lipinski definition) is 3. The van der Waals surface area contributed by atoms with E-state index in [2.05, 4.69) is 0 Å². The molecular formula is C17H17BF2O3. The van der Waals surface area contributed by atoms with Gasteiger partial charge in [-0.2, -0.15) is 0 Å². The first-order valence-corrected chi connectivity index (χ1v) is 7.57. The molecule has 0 aliphatic carbocycles. The lowest BCUT2D eigenvalue weighted by atomic mass is 9.77. The van der Waals surface area contributed by atoms with E-state index in [0.29, 0.717) is 25.4 Å². The van der Waals surface area contributed by atoms with E-state index < -0.39 is 18.8 Å². The Balaban J connectivity index is 1.69. The van der Waals surface area contributed by atoms with E-state index in [1.807, 2.05) is 31.2 Å². The number of halogens is 2. The van der Waals surface area contributed by atoms with Crippen molar-refractivity contribution in [1.82, 2.24) is 0 Å². The molecule has 3 rings (SSSR count). The summed E-state index contributed by atoms with van der Waals surface area (Å²) in [5.74, 6) is -1.70. The van der Waals surface area contributed by atoms with Gasteiger partial charge < -0.3 is 14.0 Å². The van der Waals surface area contributed by atoms with Gasteiger partial charge in [0.25, 0.3) is 0 Å². The van der Waals surface area contributed by atoms with Gasteiger partial charge in [-0.3, -0.25) is 0 Å². The Morgan fingerprint density at radius 3 is 2.26 bits per heavy atom. The van der Waals surface area contributed by atoms with Crippen LogP contribution in [0.4, 0.5) is 8.78 Å². The molecule has 2 aromatic carbocycles. The molecule has 1 saturated heterocycles. The Hall–Kier alpha value is -1.76. The zero-order valence-corrected chi connectivity index (χ0v) is 12.8. The molecule has 0 atom stereocenters. The highest BCUT2D eigenvalue weighted by molar-refractivity contribution is 6.61. The lowest BCUT2D eigenvalue weighted by Crippen LogP contribution is -2.47. The minimum atomic E-state index is -0.854. The summed E-state index contributed by atoms with van der Waals surface area (Å²) in [5, 5.41) is 0. The van der Waals surface area contributed by atoms with Crippen molar-refractivity contribution in [1.29, 1.82) is 0 Å². The Morgan fingerprint density at radius 2 is 1.65 bits per heavy atom. The van der Waals surface area contributed by atoms with Crippen LogP contribution in [0, 0.1) is 11.6 Å². The molecule has 1 aliphatic heterocycles. The van der Waals surface area contributed by atoms with Crippen LogP contribution in [0.3, 0.4) is 0 Å². The third-order valence-corrected chi connectivity index (χ3v) is 3.71. The third-order valence-electron chi connectivity index (χ3n) is 3.71. The highest BCUT2D eigenvalue weighted by atomic mass is 19.2. The van der Waals surface area contributed by atoms with Crippen LogP contribution in [-0.2, 0) is 14.0 Å². The first kappa shape index (κ1) is 16.1. The van der Waals surface area contributed by atoms with Crippen molar-refractivity contribution in [3.05, 3.63) is 54.1 Å². The van der Waals surface area contributed by atoms with Crippen molar-refractivity contribution < 1.29 is 22.8 Å². The van der Waals surface area contributed by atoms with E-state index in [0.717, 1.165) is 17.1 Å². The van der Waals surface area contributed by atoms with Crippen LogP contribution in [-0.4, -0.2) is 33.0 Å². The number of rotatable bonds is 4. The number of hydrogen-bond donors (Lipinski definition) is 0. The molecule has 0 unspecified atom stereocenters. The molecular weight excluding hydrogens is 301 g/mol.